The molecular formula is C7H13BrO. The molecule has 0 aliphatic carbocycles. The Hall–Kier alpha value is 0.440. The summed E-state index contributed by atoms with van der Waals surface area (Å²) in [5, 5.41) is 0.972. The fourth-order valence-electron chi connectivity index (χ4n) is 1.10. The Balaban J connectivity index is 2.37. The van der Waals surface area contributed by atoms with Gasteiger partial charge in [0, 0.05) is 11.9 Å². The summed E-state index contributed by atoms with van der Waals surface area (Å²) in [6.45, 7) is 3.11. The van der Waals surface area contributed by atoms with Crippen LogP contribution in [0.5, 0.6) is 0 Å². The van der Waals surface area contributed by atoms with Gasteiger partial charge in [-0.3, -0.25) is 0 Å². The molecule has 9 heavy (non-hydrogen) atoms. The van der Waals surface area contributed by atoms with Crippen LogP contribution in [0, 0.1) is 0 Å². The molecule has 1 saturated heterocycles. The van der Waals surface area contributed by atoms with Gasteiger partial charge in [0.15, 0.2) is 0 Å². The number of halogens is 1. The van der Waals surface area contributed by atoms with Crippen molar-refractivity contribution >= 4 is 15.9 Å². The van der Waals surface area contributed by atoms with Crippen LogP contribution in [-0.4, -0.2) is 17.5 Å². The van der Waals surface area contributed by atoms with Crippen molar-refractivity contribution in [2.45, 2.75) is 31.8 Å². The molecule has 0 aromatic carbocycles. The Labute approximate surface area is 64.9 Å². The molecule has 1 aliphatic rings. The van der Waals surface area contributed by atoms with E-state index in [9.17, 15) is 0 Å². The molecule has 0 radical (unpaired) electrons. The van der Waals surface area contributed by atoms with Gasteiger partial charge >= 0.3 is 0 Å². The van der Waals surface area contributed by atoms with Gasteiger partial charge in [-0.2, -0.15) is 0 Å². The molecule has 0 N–H and O–H groups in total. The first kappa shape index (κ1) is 7.55. The molecule has 0 aromatic heterocycles. The zero-order chi connectivity index (χ0) is 6.74. The van der Waals surface area contributed by atoms with Crippen LogP contribution in [0.2, 0.25) is 0 Å². The molecule has 54 valence electrons. The summed E-state index contributed by atoms with van der Waals surface area (Å²) < 4.78 is 5.57. The molecular weight excluding hydrogens is 180 g/mol. The minimum atomic E-state index is 0.137. The highest BCUT2D eigenvalue weighted by Gasteiger charge is 2.25. The molecule has 1 heterocycles. The van der Waals surface area contributed by atoms with E-state index >= 15 is 0 Å². The van der Waals surface area contributed by atoms with Crippen molar-refractivity contribution < 1.29 is 4.74 Å². The highest BCUT2D eigenvalue weighted by Crippen LogP contribution is 2.25. The van der Waals surface area contributed by atoms with E-state index in [1.165, 1.54) is 19.3 Å². The van der Waals surface area contributed by atoms with Crippen LogP contribution < -0.4 is 0 Å². The second-order valence-electron chi connectivity index (χ2n) is 2.89. The smallest absolute Gasteiger partial charge is 0.0750 e. The predicted molar refractivity (Wildman–Crippen MR) is 42.0 cm³/mol. The van der Waals surface area contributed by atoms with Gasteiger partial charge in [-0.05, 0) is 26.2 Å². The lowest BCUT2D eigenvalue weighted by Crippen LogP contribution is -2.34. The second-order valence-corrected chi connectivity index (χ2v) is 3.45. The number of hydrogen-bond acceptors (Lipinski definition) is 1. The van der Waals surface area contributed by atoms with Crippen LogP contribution in [0.1, 0.15) is 26.2 Å². The van der Waals surface area contributed by atoms with Crippen molar-refractivity contribution in [3.05, 3.63) is 0 Å². The molecule has 1 rings (SSSR count). The Morgan fingerprint density at radius 1 is 1.56 bits per heavy atom. The summed E-state index contributed by atoms with van der Waals surface area (Å²) in [6.07, 6.45) is 3.77. The Morgan fingerprint density at radius 2 is 2.33 bits per heavy atom. The van der Waals surface area contributed by atoms with Crippen molar-refractivity contribution in [2.75, 3.05) is 11.9 Å². The fraction of sp³-hybridized carbons (Fsp3) is 1.00. The third-order valence-corrected chi connectivity index (χ3v) is 3.02. The average Bonchev–Trinajstić information content (AvgIpc) is 1.90. The van der Waals surface area contributed by atoms with Gasteiger partial charge in [-0.15, -0.1) is 0 Å². The van der Waals surface area contributed by atoms with E-state index in [4.69, 9.17) is 4.74 Å². The first-order valence-corrected chi connectivity index (χ1v) is 4.59. The second kappa shape index (κ2) is 3.02. The minimum absolute atomic E-state index is 0.137. The fourth-order valence-corrected chi connectivity index (χ4v) is 1.54. The number of hydrogen-bond donors (Lipinski definition) is 0. The molecule has 1 nitrogen and oxygen atoms in total. The molecule has 0 amide bonds. The highest BCUT2D eigenvalue weighted by molar-refractivity contribution is 9.09. The molecule has 2 heteroatoms. The van der Waals surface area contributed by atoms with E-state index in [1.54, 1.807) is 0 Å². The van der Waals surface area contributed by atoms with E-state index < -0.39 is 0 Å². The predicted octanol–water partition coefficient (Wildman–Crippen LogP) is 2.34. The van der Waals surface area contributed by atoms with Gasteiger partial charge in [0.05, 0.1) is 5.60 Å². The Kier molecular flexibility index (Phi) is 2.53. The third-order valence-electron chi connectivity index (χ3n) is 1.83. The molecule has 1 aliphatic heterocycles. The molecule has 1 atom stereocenters. The van der Waals surface area contributed by atoms with E-state index in [0.29, 0.717) is 0 Å². The van der Waals surface area contributed by atoms with Crippen molar-refractivity contribution in [1.82, 2.24) is 0 Å². The van der Waals surface area contributed by atoms with Gasteiger partial charge in [0.2, 0.25) is 0 Å². The van der Waals surface area contributed by atoms with Crippen LogP contribution in [0.3, 0.4) is 0 Å². The van der Waals surface area contributed by atoms with Crippen molar-refractivity contribution in [1.29, 1.82) is 0 Å². The van der Waals surface area contributed by atoms with Gasteiger partial charge in [-0.25, -0.2) is 0 Å². The summed E-state index contributed by atoms with van der Waals surface area (Å²) in [7, 11) is 0. The monoisotopic (exact) mass is 192 g/mol. The average molecular weight is 193 g/mol. The molecule has 0 saturated carbocycles. The van der Waals surface area contributed by atoms with Crippen LogP contribution in [0.25, 0.3) is 0 Å². The first-order chi connectivity index (χ1) is 4.27. The number of rotatable bonds is 1. The number of ether oxygens (including phenoxy) is 1. The lowest BCUT2D eigenvalue weighted by atomic mass is 9.99. The lowest BCUT2D eigenvalue weighted by molar-refractivity contribution is -0.0467. The van der Waals surface area contributed by atoms with Crippen LogP contribution in [0.4, 0.5) is 0 Å². The molecule has 0 spiro atoms. The standard InChI is InChI=1S/C7H13BrO/c1-7(6-8)4-2-3-5-9-7/h2-6H2,1H3. The summed E-state index contributed by atoms with van der Waals surface area (Å²) in [4.78, 5) is 0. The summed E-state index contributed by atoms with van der Waals surface area (Å²) in [6, 6.07) is 0. The normalized spacial score (nSPS) is 36.7. The minimum Gasteiger partial charge on any atom is -0.374 e. The van der Waals surface area contributed by atoms with Gasteiger partial charge in [-0.1, -0.05) is 15.9 Å². The Morgan fingerprint density at radius 3 is 2.67 bits per heavy atom. The number of alkyl halides is 1. The van der Waals surface area contributed by atoms with E-state index in [-0.39, 0.29) is 5.60 Å². The lowest BCUT2D eigenvalue weighted by Gasteiger charge is -2.31. The van der Waals surface area contributed by atoms with E-state index in [2.05, 4.69) is 22.9 Å². The van der Waals surface area contributed by atoms with Crippen molar-refractivity contribution in [3.63, 3.8) is 0 Å². The molecule has 1 fully saturated rings. The van der Waals surface area contributed by atoms with Gasteiger partial charge < -0.3 is 4.74 Å². The zero-order valence-corrected chi connectivity index (χ0v) is 7.41. The highest BCUT2D eigenvalue weighted by atomic mass is 79.9. The van der Waals surface area contributed by atoms with E-state index in [0.717, 1.165) is 11.9 Å². The summed E-state index contributed by atoms with van der Waals surface area (Å²) in [5.74, 6) is 0. The van der Waals surface area contributed by atoms with Crippen molar-refractivity contribution in [2.24, 2.45) is 0 Å². The van der Waals surface area contributed by atoms with Crippen LogP contribution >= 0.6 is 15.9 Å². The van der Waals surface area contributed by atoms with Crippen LogP contribution in [0.15, 0.2) is 0 Å². The van der Waals surface area contributed by atoms with Gasteiger partial charge in [0.1, 0.15) is 0 Å². The maximum absolute atomic E-state index is 5.57. The first-order valence-electron chi connectivity index (χ1n) is 3.47. The maximum atomic E-state index is 5.57. The van der Waals surface area contributed by atoms with E-state index in [1.807, 2.05) is 0 Å². The SMILES string of the molecule is CC1(CBr)CCCCO1. The van der Waals surface area contributed by atoms with Crippen molar-refractivity contribution in [3.8, 4) is 0 Å². The quantitative estimate of drug-likeness (QED) is 0.580. The topological polar surface area (TPSA) is 9.23 Å². The summed E-state index contributed by atoms with van der Waals surface area (Å²) >= 11 is 3.44. The largest absolute Gasteiger partial charge is 0.374 e. The molecule has 0 aromatic rings. The third kappa shape index (κ3) is 1.94. The van der Waals surface area contributed by atoms with Crippen LogP contribution in [-0.2, 0) is 4.74 Å². The summed E-state index contributed by atoms with van der Waals surface area (Å²) in [5.41, 5.74) is 0.137. The molecule has 0 bridgehead atoms. The zero-order valence-electron chi connectivity index (χ0n) is 5.82. The Bertz CT molecular complexity index is 86.9. The molecule has 1 unspecified atom stereocenters. The maximum Gasteiger partial charge on any atom is 0.0750 e. The van der Waals surface area contributed by atoms with Gasteiger partial charge in [0.25, 0.3) is 0 Å².